The normalized spacial score (nSPS) is 15.8. The third kappa shape index (κ3) is 4.93. The summed E-state index contributed by atoms with van der Waals surface area (Å²) >= 11 is 1.41. The van der Waals surface area contributed by atoms with E-state index in [4.69, 9.17) is 9.72 Å². The van der Waals surface area contributed by atoms with Gasteiger partial charge in [-0.25, -0.2) is 4.98 Å². The molecule has 0 aliphatic carbocycles. The topological polar surface area (TPSA) is 87.3 Å². The number of piperidine rings is 1. The van der Waals surface area contributed by atoms with E-state index in [9.17, 15) is 9.59 Å². The van der Waals surface area contributed by atoms with Gasteiger partial charge in [-0.15, -0.1) is 11.3 Å². The number of hydrogen-bond donors (Lipinski definition) is 2. The molecule has 1 fully saturated rings. The molecule has 5 rings (SSSR count). The molecule has 0 saturated carbocycles. The summed E-state index contributed by atoms with van der Waals surface area (Å²) in [4.78, 5) is 35.7. The Hall–Kier alpha value is -3.65. The minimum absolute atomic E-state index is 0.00457. The van der Waals surface area contributed by atoms with E-state index in [0.29, 0.717) is 35.9 Å². The summed E-state index contributed by atoms with van der Waals surface area (Å²) < 4.78 is 6.29. The number of hydrogen-bond acceptors (Lipinski definition) is 6. The largest absolute Gasteiger partial charge is 0.494 e. The summed E-state index contributed by atoms with van der Waals surface area (Å²) in [6, 6.07) is 17.7. The Bertz CT molecular complexity index is 1380. The highest BCUT2D eigenvalue weighted by Crippen LogP contribution is 2.32. The van der Waals surface area contributed by atoms with Gasteiger partial charge in [0.2, 0.25) is 11.9 Å². The van der Waals surface area contributed by atoms with Gasteiger partial charge in [0.1, 0.15) is 10.4 Å². The van der Waals surface area contributed by atoms with Crippen molar-refractivity contribution in [2.75, 3.05) is 24.6 Å². The molecule has 3 heterocycles. The van der Waals surface area contributed by atoms with Gasteiger partial charge in [-0.05, 0) is 31.4 Å². The van der Waals surface area contributed by atoms with Crippen molar-refractivity contribution in [3.63, 3.8) is 0 Å². The van der Waals surface area contributed by atoms with Crippen LogP contribution in [0, 0.1) is 5.92 Å². The second-order valence-electron chi connectivity index (χ2n) is 8.63. The molecule has 180 valence electrons. The number of thiophene rings is 1. The highest BCUT2D eigenvalue weighted by molar-refractivity contribution is 7.17. The summed E-state index contributed by atoms with van der Waals surface area (Å²) in [6.07, 6.45) is 1.65. The van der Waals surface area contributed by atoms with Crippen molar-refractivity contribution in [2.24, 2.45) is 5.92 Å². The first-order valence-electron chi connectivity index (χ1n) is 11.9. The number of nitrogens with zero attached hydrogens (tertiary/aromatic N) is 2. The molecule has 1 aliphatic rings. The van der Waals surface area contributed by atoms with Crippen molar-refractivity contribution in [1.29, 1.82) is 0 Å². The molecular weight excluding hydrogens is 460 g/mol. The van der Waals surface area contributed by atoms with Gasteiger partial charge >= 0.3 is 0 Å². The molecule has 0 unspecified atom stereocenters. The quantitative estimate of drug-likeness (QED) is 0.398. The van der Waals surface area contributed by atoms with E-state index < -0.39 is 0 Å². The number of aromatic amines is 1. The molecular formula is C27H28N4O3S. The van der Waals surface area contributed by atoms with Gasteiger partial charge in [-0.1, -0.05) is 48.5 Å². The lowest BCUT2D eigenvalue weighted by Crippen LogP contribution is -2.44. The Balaban J connectivity index is 1.33. The van der Waals surface area contributed by atoms with E-state index in [0.717, 1.165) is 41.8 Å². The van der Waals surface area contributed by atoms with Crippen molar-refractivity contribution in [3.8, 4) is 16.9 Å². The van der Waals surface area contributed by atoms with Crippen LogP contribution in [0.1, 0.15) is 25.3 Å². The van der Waals surface area contributed by atoms with Crippen molar-refractivity contribution >= 4 is 33.4 Å². The summed E-state index contributed by atoms with van der Waals surface area (Å²) in [7, 11) is 0. The highest BCUT2D eigenvalue weighted by Gasteiger charge is 2.27. The van der Waals surface area contributed by atoms with E-state index in [1.807, 2.05) is 71.8 Å². The second-order valence-corrected chi connectivity index (χ2v) is 9.51. The molecule has 2 aromatic heterocycles. The maximum absolute atomic E-state index is 13.0. The number of nitrogens with one attached hydrogen (secondary N) is 2. The van der Waals surface area contributed by atoms with Gasteiger partial charge in [-0.2, -0.15) is 0 Å². The average molecular weight is 489 g/mol. The molecule has 1 atom stereocenters. The fourth-order valence-electron chi connectivity index (χ4n) is 4.54. The maximum Gasteiger partial charge on any atom is 0.270 e. The smallest absolute Gasteiger partial charge is 0.270 e. The number of rotatable bonds is 7. The number of carbonyl (C=O) groups excluding carboxylic acids is 1. The number of carbonyl (C=O) groups is 1. The number of anilines is 1. The highest BCUT2D eigenvalue weighted by atomic mass is 32.1. The average Bonchev–Trinajstić information content (AvgIpc) is 3.33. The zero-order chi connectivity index (χ0) is 24.2. The number of aromatic nitrogens is 2. The van der Waals surface area contributed by atoms with Crippen LogP contribution in [0.2, 0.25) is 0 Å². The number of para-hydroxylation sites is 1. The molecule has 1 saturated heterocycles. The summed E-state index contributed by atoms with van der Waals surface area (Å²) in [6.45, 7) is 4.20. The van der Waals surface area contributed by atoms with Crippen LogP contribution in [0.4, 0.5) is 5.95 Å². The lowest BCUT2D eigenvalue weighted by molar-refractivity contribution is -0.125. The maximum atomic E-state index is 13.0. The van der Waals surface area contributed by atoms with Crippen LogP contribution in [-0.2, 0) is 11.3 Å². The van der Waals surface area contributed by atoms with Crippen LogP contribution in [0.5, 0.6) is 5.75 Å². The molecule has 4 aromatic rings. The first-order valence-corrected chi connectivity index (χ1v) is 12.8. The van der Waals surface area contributed by atoms with E-state index in [1.54, 1.807) is 0 Å². The molecule has 0 spiro atoms. The molecule has 0 bridgehead atoms. The Morgan fingerprint density at radius 2 is 2.00 bits per heavy atom. The molecule has 2 aromatic carbocycles. The Morgan fingerprint density at radius 3 is 2.83 bits per heavy atom. The van der Waals surface area contributed by atoms with Gasteiger partial charge in [0.15, 0.2) is 0 Å². The van der Waals surface area contributed by atoms with Crippen molar-refractivity contribution in [2.45, 2.75) is 26.3 Å². The number of ether oxygens (including phenoxy) is 1. The van der Waals surface area contributed by atoms with Crippen molar-refractivity contribution < 1.29 is 9.53 Å². The predicted molar refractivity (Wildman–Crippen MR) is 140 cm³/mol. The third-order valence-corrected chi connectivity index (χ3v) is 7.28. The lowest BCUT2D eigenvalue weighted by atomic mass is 9.97. The lowest BCUT2D eigenvalue weighted by Gasteiger charge is -2.32. The van der Waals surface area contributed by atoms with Gasteiger partial charge in [0.25, 0.3) is 5.56 Å². The molecule has 2 N–H and O–H groups in total. The van der Waals surface area contributed by atoms with Crippen LogP contribution in [0.3, 0.4) is 0 Å². The van der Waals surface area contributed by atoms with Crippen LogP contribution < -0.4 is 20.5 Å². The van der Waals surface area contributed by atoms with E-state index in [1.165, 1.54) is 11.3 Å². The molecule has 7 nitrogen and oxygen atoms in total. The molecule has 8 heteroatoms. The summed E-state index contributed by atoms with van der Waals surface area (Å²) in [5, 5.41) is 5.06. The molecule has 35 heavy (non-hydrogen) atoms. The second kappa shape index (κ2) is 10.3. The van der Waals surface area contributed by atoms with Crippen LogP contribution in [0.25, 0.3) is 21.3 Å². The predicted octanol–water partition coefficient (Wildman–Crippen LogP) is 4.58. The Kier molecular flexibility index (Phi) is 6.81. The van der Waals surface area contributed by atoms with E-state index in [-0.39, 0.29) is 17.4 Å². The van der Waals surface area contributed by atoms with Crippen LogP contribution in [-0.4, -0.2) is 35.6 Å². The number of H-pyrrole nitrogens is 1. The van der Waals surface area contributed by atoms with Gasteiger partial charge < -0.3 is 15.0 Å². The van der Waals surface area contributed by atoms with Gasteiger partial charge in [0, 0.05) is 36.1 Å². The zero-order valence-corrected chi connectivity index (χ0v) is 20.4. The Labute approximate surface area is 207 Å². The number of benzene rings is 2. The van der Waals surface area contributed by atoms with Crippen LogP contribution in [0.15, 0.2) is 64.8 Å². The van der Waals surface area contributed by atoms with E-state index >= 15 is 0 Å². The molecule has 0 radical (unpaired) electrons. The summed E-state index contributed by atoms with van der Waals surface area (Å²) in [5.74, 6) is 1.14. The monoisotopic (exact) mass is 488 g/mol. The third-order valence-electron chi connectivity index (χ3n) is 6.32. The first-order chi connectivity index (χ1) is 17.1. The fraction of sp³-hybridized carbons (Fsp3) is 0.296. The first kappa shape index (κ1) is 23.1. The number of fused-ring (bicyclic) bond motifs is 1. The zero-order valence-electron chi connectivity index (χ0n) is 19.6. The minimum Gasteiger partial charge on any atom is -0.494 e. The minimum atomic E-state index is -0.180. The standard InChI is InChI=1S/C27H28N4O3S/c1-2-34-22-13-7-6-11-19(22)15-28-25(32)20-12-8-14-31(16-20)27-29-23-21(18-9-4-3-5-10-18)17-35-24(23)26(33)30-27/h3-7,9-11,13,17,20H,2,8,12,14-16H2,1H3,(H,28,32)(H,29,30,33)/t20-/m1/s1. The van der Waals surface area contributed by atoms with Gasteiger partial charge in [0.05, 0.1) is 18.0 Å². The van der Waals surface area contributed by atoms with Crippen molar-refractivity contribution in [3.05, 3.63) is 75.9 Å². The SMILES string of the molecule is CCOc1ccccc1CNC(=O)[C@@H]1CCCN(c2nc3c(-c4ccccc4)csc3c(=O)[nH]2)C1. The van der Waals surface area contributed by atoms with E-state index in [2.05, 4.69) is 10.3 Å². The molecule has 1 amide bonds. The van der Waals surface area contributed by atoms with Crippen LogP contribution >= 0.6 is 11.3 Å². The molecule has 1 aliphatic heterocycles. The number of amides is 1. The van der Waals surface area contributed by atoms with Crippen molar-refractivity contribution in [1.82, 2.24) is 15.3 Å². The fourth-order valence-corrected chi connectivity index (χ4v) is 5.45. The Morgan fingerprint density at radius 1 is 1.20 bits per heavy atom. The summed E-state index contributed by atoms with van der Waals surface area (Å²) in [5.41, 5.74) is 3.51. The van der Waals surface area contributed by atoms with Gasteiger partial charge in [-0.3, -0.25) is 14.6 Å².